The van der Waals surface area contributed by atoms with Crippen molar-refractivity contribution in [3.63, 3.8) is 0 Å². The molecule has 0 aliphatic carbocycles. The van der Waals surface area contributed by atoms with Gasteiger partial charge in [-0.1, -0.05) is 6.07 Å². The molecular formula is C15H16BrFN2. The number of halogens is 2. The topological polar surface area (TPSA) is 24.9 Å². The molecule has 2 aromatic rings. The molecule has 0 fully saturated rings. The minimum atomic E-state index is -0.204. The Morgan fingerprint density at radius 1 is 1.32 bits per heavy atom. The molecule has 1 aromatic heterocycles. The molecule has 1 unspecified atom stereocenters. The molecule has 1 heterocycles. The number of benzene rings is 1. The van der Waals surface area contributed by atoms with Crippen LogP contribution in [0.5, 0.6) is 0 Å². The Hall–Kier alpha value is -1.26. The van der Waals surface area contributed by atoms with Gasteiger partial charge in [-0.05, 0) is 65.3 Å². The standard InChI is InChI=1S/C15H16BrFN2/c1-10-3-5-12(17)7-14(10)15(18-2)8-13-6-4-11(16)9-19-13/h3-7,9,15,18H,8H2,1-2H3. The van der Waals surface area contributed by atoms with E-state index in [9.17, 15) is 4.39 Å². The number of hydrogen-bond donors (Lipinski definition) is 1. The van der Waals surface area contributed by atoms with Crippen molar-refractivity contribution in [2.45, 2.75) is 19.4 Å². The lowest BCUT2D eigenvalue weighted by Crippen LogP contribution is -2.20. The SMILES string of the molecule is CNC(Cc1ccc(Br)cn1)c1cc(F)ccc1C. The summed E-state index contributed by atoms with van der Waals surface area (Å²) in [7, 11) is 1.88. The van der Waals surface area contributed by atoms with Gasteiger partial charge in [0.05, 0.1) is 0 Å². The molecule has 1 aromatic carbocycles. The zero-order valence-corrected chi connectivity index (χ0v) is 12.5. The van der Waals surface area contributed by atoms with Gasteiger partial charge in [0, 0.05) is 28.8 Å². The van der Waals surface area contributed by atoms with Gasteiger partial charge in [-0.2, -0.15) is 0 Å². The smallest absolute Gasteiger partial charge is 0.123 e. The van der Waals surface area contributed by atoms with Crippen molar-refractivity contribution >= 4 is 15.9 Å². The third-order valence-electron chi connectivity index (χ3n) is 3.17. The van der Waals surface area contributed by atoms with Crippen LogP contribution in [-0.2, 0) is 6.42 Å². The molecule has 100 valence electrons. The molecule has 1 atom stereocenters. The summed E-state index contributed by atoms with van der Waals surface area (Å²) in [6, 6.07) is 8.89. The van der Waals surface area contributed by atoms with Crippen LogP contribution < -0.4 is 5.32 Å². The fraction of sp³-hybridized carbons (Fsp3) is 0.267. The van der Waals surface area contributed by atoms with E-state index in [1.54, 1.807) is 12.3 Å². The Labute approximate surface area is 121 Å². The summed E-state index contributed by atoms with van der Waals surface area (Å²) in [6.45, 7) is 1.99. The van der Waals surface area contributed by atoms with Crippen molar-refractivity contribution in [1.29, 1.82) is 0 Å². The van der Waals surface area contributed by atoms with Crippen molar-refractivity contribution < 1.29 is 4.39 Å². The summed E-state index contributed by atoms with van der Waals surface area (Å²) in [4.78, 5) is 4.36. The van der Waals surface area contributed by atoms with E-state index in [1.165, 1.54) is 6.07 Å². The molecule has 0 amide bonds. The van der Waals surface area contributed by atoms with Crippen LogP contribution in [0.1, 0.15) is 22.9 Å². The van der Waals surface area contributed by atoms with E-state index in [4.69, 9.17) is 0 Å². The summed E-state index contributed by atoms with van der Waals surface area (Å²) < 4.78 is 14.3. The lowest BCUT2D eigenvalue weighted by molar-refractivity contribution is 0.568. The van der Waals surface area contributed by atoms with Gasteiger partial charge in [-0.25, -0.2) is 4.39 Å². The molecule has 0 saturated heterocycles. The number of nitrogens with zero attached hydrogens (tertiary/aromatic N) is 1. The number of likely N-dealkylation sites (N-methyl/N-ethyl adjacent to an activating group) is 1. The van der Waals surface area contributed by atoms with Gasteiger partial charge in [-0.3, -0.25) is 4.98 Å². The van der Waals surface area contributed by atoms with Crippen LogP contribution >= 0.6 is 15.9 Å². The molecule has 2 nitrogen and oxygen atoms in total. The molecular weight excluding hydrogens is 307 g/mol. The number of rotatable bonds is 4. The Balaban J connectivity index is 2.24. The number of aryl methyl sites for hydroxylation is 1. The molecule has 0 radical (unpaired) electrons. The van der Waals surface area contributed by atoms with Crippen LogP contribution in [0, 0.1) is 12.7 Å². The third kappa shape index (κ3) is 3.61. The van der Waals surface area contributed by atoms with E-state index in [2.05, 4.69) is 26.2 Å². The normalized spacial score (nSPS) is 12.4. The predicted molar refractivity (Wildman–Crippen MR) is 78.6 cm³/mol. The van der Waals surface area contributed by atoms with Gasteiger partial charge in [0.25, 0.3) is 0 Å². The number of hydrogen-bond acceptors (Lipinski definition) is 2. The molecule has 2 rings (SSSR count). The van der Waals surface area contributed by atoms with Crippen molar-refractivity contribution in [1.82, 2.24) is 10.3 Å². The van der Waals surface area contributed by atoms with E-state index in [0.29, 0.717) is 0 Å². The second kappa shape index (κ2) is 6.26. The Kier molecular flexibility index (Phi) is 4.66. The molecule has 19 heavy (non-hydrogen) atoms. The van der Waals surface area contributed by atoms with E-state index >= 15 is 0 Å². The summed E-state index contributed by atoms with van der Waals surface area (Å²) in [5.74, 6) is -0.204. The Morgan fingerprint density at radius 2 is 2.11 bits per heavy atom. The Morgan fingerprint density at radius 3 is 2.74 bits per heavy atom. The van der Waals surface area contributed by atoms with Crippen LogP contribution in [0.2, 0.25) is 0 Å². The molecule has 0 spiro atoms. The zero-order chi connectivity index (χ0) is 13.8. The molecule has 1 N–H and O–H groups in total. The number of aromatic nitrogens is 1. The van der Waals surface area contributed by atoms with Gasteiger partial charge in [0.2, 0.25) is 0 Å². The third-order valence-corrected chi connectivity index (χ3v) is 3.64. The summed E-state index contributed by atoms with van der Waals surface area (Å²) >= 11 is 3.37. The zero-order valence-electron chi connectivity index (χ0n) is 11.0. The molecule has 0 saturated carbocycles. The first kappa shape index (κ1) is 14.2. The predicted octanol–water partition coefficient (Wildman–Crippen LogP) is 3.79. The fourth-order valence-electron chi connectivity index (χ4n) is 2.09. The molecule has 0 bridgehead atoms. The average molecular weight is 323 g/mol. The van der Waals surface area contributed by atoms with E-state index in [0.717, 1.165) is 27.7 Å². The fourth-order valence-corrected chi connectivity index (χ4v) is 2.33. The quantitative estimate of drug-likeness (QED) is 0.926. The van der Waals surface area contributed by atoms with Crippen LogP contribution in [0.15, 0.2) is 41.0 Å². The minimum absolute atomic E-state index is 0.0596. The lowest BCUT2D eigenvalue weighted by Gasteiger charge is -2.18. The van der Waals surface area contributed by atoms with Crippen LogP contribution in [0.25, 0.3) is 0 Å². The van der Waals surface area contributed by atoms with Gasteiger partial charge in [0.15, 0.2) is 0 Å². The number of pyridine rings is 1. The van der Waals surface area contributed by atoms with E-state index in [-0.39, 0.29) is 11.9 Å². The Bertz CT molecular complexity index is 555. The highest BCUT2D eigenvalue weighted by Gasteiger charge is 2.14. The number of nitrogens with one attached hydrogen (secondary N) is 1. The maximum absolute atomic E-state index is 13.4. The largest absolute Gasteiger partial charge is 0.313 e. The van der Waals surface area contributed by atoms with Crippen molar-refractivity contribution in [2.24, 2.45) is 0 Å². The van der Waals surface area contributed by atoms with Gasteiger partial charge in [0.1, 0.15) is 5.82 Å². The average Bonchev–Trinajstić information content (AvgIpc) is 2.41. The van der Waals surface area contributed by atoms with Gasteiger partial charge in [-0.15, -0.1) is 0 Å². The highest BCUT2D eigenvalue weighted by atomic mass is 79.9. The highest BCUT2D eigenvalue weighted by Crippen LogP contribution is 2.22. The summed E-state index contributed by atoms with van der Waals surface area (Å²) in [5, 5.41) is 3.23. The second-order valence-corrected chi connectivity index (χ2v) is 5.43. The molecule has 0 aliphatic heterocycles. The monoisotopic (exact) mass is 322 g/mol. The van der Waals surface area contributed by atoms with Crippen LogP contribution in [0.3, 0.4) is 0 Å². The first-order chi connectivity index (χ1) is 9.10. The molecule has 0 aliphatic rings. The lowest BCUT2D eigenvalue weighted by atomic mass is 9.97. The first-order valence-electron chi connectivity index (χ1n) is 6.14. The van der Waals surface area contributed by atoms with Gasteiger partial charge < -0.3 is 5.32 Å². The molecule has 4 heteroatoms. The summed E-state index contributed by atoms with van der Waals surface area (Å²) in [6.07, 6.45) is 2.51. The van der Waals surface area contributed by atoms with Crippen molar-refractivity contribution in [3.8, 4) is 0 Å². The van der Waals surface area contributed by atoms with Crippen molar-refractivity contribution in [3.05, 3.63) is 63.6 Å². The van der Waals surface area contributed by atoms with Crippen LogP contribution in [0.4, 0.5) is 4.39 Å². The van der Waals surface area contributed by atoms with E-state index in [1.807, 2.05) is 32.2 Å². The summed E-state index contributed by atoms with van der Waals surface area (Å²) in [5.41, 5.74) is 3.04. The second-order valence-electron chi connectivity index (χ2n) is 4.51. The highest BCUT2D eigenvalue weighted by molar-refractivity contribution is 9.10. The van der Waals surface area contributed by atoms with Crippen molar-refractivity contribution in [2.75, 3.05) is 7.05 Å². The van der Waals surface area contributed by atoms with Gasteiger partial charge >= 0.3 is 0 Å². The van der Waals surface area contributed by atoms with Crippen LogP contribution in [-0.4, -0.2) is 12.0 Å². The van der Waals surface area contributed by atoms with E-state index < -0.39 is 0 Å². The minimum Gasteiger partial charge on any atom is -0.313 e. The first-order valence-corrected chi connectivity index (χ1v) is 6.93. The maximum Gasteiger partial charge on any atom is 0.123 e. The maximum atomic E-state index is 13.4.